The first kappa shape index (κ1) is 13.4. The molecule has 1 N–H and O–H groups in total. The lowest BCUT2D eigenvalue weighted by molar-refractivity contribution is -0.0353. The molecule has 0 bridgehead atoms. The predicted molar refractivity (Wildman–Crippen MR) is 66.3 cm³/mol. The molecule has 1 saturated heterocycles. The van der Waals surface area contributed by atoms with E-state index in [9.17, 15) is 13.9 Å². The van der Waals surface area contributed by atoms with E-state index in [0.717, 1.165) is 12.6 Å². The minimum Gasteiger partial charge on any atom is -0.389 e. The quantitative estimate of drug-likeness (QED) is 0.877. The zero-order valence-electron chi connectivity index (χ0n) is 10.8. The van der Waals surface area contributed by atoms with Crippen LogP contribution < -0.4 is 0 Å². The summed E-state index contributed by atoms with van der Waals surface area (Å²) in [7, 11) is 2.03. The Hall–Kier alpha value is -1.00. The van der Waals surface area contributed by atoms with Crippen molar-refractivity contribution in [2.24, 2.45) is 0 Å². The van der Waals surface area contributed by atoms with Crippen LogP contribution in [0, 0.1) is 11.6 Å². The lowest BCUT2D eigenvalue weighted by Crippen LogP contribution is -2.48. The lowest BCUT2D eigenvalue weighted by Gasteiger charge is -2.41. The Labute approximate surface area is 106 Å². The van der Waals surface area contributed by atoms with E-state index in [1.165, 1.54) is 6.07 Å². The number of rotatable bonds is 2. The third-order valence-corrected chi connectivity index (χ3v) is 3.87. The number of nitrogens with zero attached hydrogens (tertiary/aromatic N) is 1. The maximum absolute atomic E-state index is 13.1. The van der Waals surface area contributed by atoms with Gasteiger partial charge in [0.1, 0.15) is 0 Å². The molecule has 4 heteroatoms. The van der Waals surface area contributed by atoms with Crippen molar-refractivity contribution in [1.82, 2.24) is 4.90 Å². The molecule has 0 aromatic heterocycles. The van der Waals surface area contributed by atoms with Crippen molar-refractivity contribution >= 4 is 0 Å². The van der Waals surface area contributed by atoms with Crippen molar-refractivity contribution in [2.75, 3.05) is 13.6 Å². The van der Waals surface area contributed by atoms with E-state index in [4.69, 9.17) is 0 Å². The number of piperidine rings is 1. The monoisotopic (exact) mass is 255 g/mol. The second kappa shape index (κ2) is 4.94. The maximum atomic E-state index is 13.1. The molecular weight excluding hydrogens is 236 g/mol. The number of aliphatic hydroxyl groups is 1. The molecule has 0 saturated carbocycles. The fourth-order valence-corrected chi connectivity index (χ4v) is 2.60. The van der Waals surface area contributed by atoms with Crippen LogP contribution in [-0.2, 0) is 6.42 Å². The average Bonchev–Trinajstić information content (AvgIpc) is 2.29. The number of likely N-dealkylation sites (tertiary alicyclic amines) is 1. The van der Waals surface area contributed by atoms with E-state index >= 15 is 0 Å². The molecule has 0 amide bonds. The normalized spacial score (nSPS) is 29.5. The van der Waals surface area contributed by atoms with E-state index in [1.54, 1.807) is 6.07 Å². The summed E-state index contributed by atoms with van der Waals surface area (Å²) in [6, 6.07) is 4.14. The first-order valence-corrected chi connectivity index (χ1v) is 6.26. The fourth-order valence-electron chi connectivity index (χ4n) is 2.60. The number of hydrogen-bond donors (Lipinski definition) is 1. The van der Waals surface area contributed by atoms with Crippen molar-refractivity contribution < 1.29 is 13.9 Å². The average molecular weight is 255 g/mol. The van der Waals surface area contributed by atoms with Gasteiger partial charge in [0.05, 0.1) is 5.60 Å². The van der Waals surface area contributed by atoms with Gasteiger partial charge in [-0.1, -0.05) is 6.07 Å². The molecule has 2 nitrogen and oxygen atoms in total. The Morgan fingerprint density at radius 3 is 2.72 bits per heavy atom. The van der Waals surface area contributed by atoms with Gasteiger partial charge in [-0.15, -0.1) is 0 Å². The molecule has 100 valence electrons. The molecule has 1 aromatic carbocycles. The van der Waals surface area contributed by atoms with Gasteiger partial charge in [-0.3, -0.25) is 0 Å². The summed E-state index contributed by atoms with van der Waals surface area (Å²) >= 11 is 0. The Morgan fingerprint density at radius 1 is 1.39 bits per heavy atom. The van der Waals surface area contributed by atoms with Gasteiger partial charge in [-0.25, -0.2) is 8.78 Å². The highest BCUT2D eigenvalue weighted by molar-refractivity contribution is 5.20. The van der Waals surface area contributed by atoms with Gasteiger partial charge in [0.25, 0.3) is 0 Å². The molecule has 0 aliphatic carbocycles. The van der Waals surface area contributed by atoms with Crippen LogP contribution >= 0.6 is 0 Å². The predicted octanol–water partition coefficient (Wildman–Crippen LogP) is 2.35. The van der Waals surface area contributed by atoms with Gasteiger partial charge in [0.15, 0.2) is 11.6 Å². The fraction of sp³-hybridized carbons (Fsp3) is 0.571. The van der Waals surface area contributed by atoms with Crippen LogP contribution in [-0.4, -0.2) is 35.2 Å². The summed E-state index contributed by atoms with van der Waals surface area (Å²) in [5.74, 6) is -1.69. The summed E-state index contributed by atoms with van der Waals surface area (Å²) in [5, 5.41) is 10.5. The minimum atomic E-state index is -0.850. The van der Waals surface area contributed by atoms with E-state index in [2.05, 4.69) is 11.8 Å². The van der Waals surface area contributed by atoms with Crippen LogP contribution in [0.1, 0.15) is 25.3 Å². The Morgan fingerprint density at radius 2 is 2.11 bits per heavy atom. The molecule has 1 fully saturated rings. The number of halogens is 2. The SMILES string of the molecule is CC1CC(O)(Cc2ccc(F)c(F)c2)CCN1C. The van der Waals surface area contributed by atoms with Crippen molar-refractivity contribution in [3.05, 3.63) is 35.4 Å². The summed E-state index contributed by atoms with van der Waals surface area (Å²) < 4.78 is 26.0. The van der Waals surface area contributed by atoms with E-state index in [-0.39, 0.29) is 0 Å². The molecule has 2 rings (SSSR count). The maximum Gasteiger partial charge on any atom is 0.159 e. The number of benzene rings is 1. The highest BCUT2D eigenvalue weighted by Crippen LogP contribution is 2.29. The minimum absolute atomic E-state index is 0.300. The van der Waals surface area contributed by atoms with Crippen LogP contribution in [0.25, 0.3) is 0 Å². The van der Waals surface area contributed by atoms with Crippen molar-refractivity contribution in [1.29, 1.82) is 0 Å². The number of hydrogen-bond acceptors (Lipinski definition) is 2. The first-order valence-electron chi connectivity index (χ1n) is 6.26. The molecule has 2 atom stereocenters. The topological polar surface area (TPSA) is 23.5 Å². The molecular formula is C14H19F2NO. The van der Waals surface area contributed by atoms with Crippen LogP contribution in [0.5, 0.6) is 0 Å². The van der Waals surface area contributed by atoms with Crippen LogP contribution in [0.2, 0.25) is 0 Å². The van der Waals surface area contributed by atoms with Crippen LogP contribution in [0.3, 0.4) is 0 Å². The standard InChI is InChI=1S/C14H19F2NO/c1-10-8-14(18,5-6-17(10)2)9-11-3-4-12(15)13(16)7-11/h3-4,7,10,18H,5-6,8-9H2,1-2H3. The highest BCUT2D eigenvalue weighted by atomic mass is 19.2. The third-order valence-electron chi connectivity index (χ3n) is 3.87. The largest absolute Gasteiger partial charge is 0.389 e. The summed E-state index contributed by atoms with van der Waals surface area (Å²) in [6.45, 7) is 2.89. The molecule has 1 aromatic rings. The van der Waals surface area contributed by atoms with E-state index in [1.807, 2.05) is 7.05 Å². The van der Waals surface area contributed by atoms with Gasteiger partial charge in [0.2, 0.25) is 0 Å². The second-order valence-corrected chi connectivity index (χ2v) is 5.43. The van der Waals surface area contributed by atoms with Crippen LogP contribution in [0.15, 0.2) is 18.2 Å². The van der Waals surface area contributed by atoms with E-state index in [0.29, 0.717) is 30.9 Å². The van der Waals surface area contributed by atoms with Crippen LogP contribution in [0.4, 0.5) is 8.78 Å². The molecule has 18 heavy (non-hydrogen) atoms. The van der Waals surface area contributed by atoms with Crippen molar-refractivity contribution in [3.8, 4) is 0 Å². The molecule has 0 radical (unpaired) electrons. The first-order chi connectivity index (χ1) is 8.39. The van der Waals surface area contributed by atoms with Gasteiger partial charge < -0.3 is 10.0 Å². The molecule has 1 heterocycles. The zero-order valence-corrected chi connectivity index (χ0v) is 10.8. The van der Waals surface area contributed by atoms with E-state index < -0.39 is 17.2 Å². The zero-order chi connectivity index (χ0) is 13.3. The summed E-state index contributed by atoms with van der Waals surface area (Å²) in [5.41, 5.74) is -0.163. The van der Waals surface area contributed by atoms with Gasteiger partial charge in [-0.05, 0) is 44.5 Å². The lowest BCUT2D eigenvalue weighted by atomic mass is 9.82. The Balaban J connectivity index is 2.10. The Bertz CT molecular complexity index is 438. The summed E-state index contributed by atoms with van der Waals surface area (Å²) in [6.07, 6.45) is 1.69. The van der Waals surface area contributed by atoms with Crippen molar-refractivity contribution in [2.45, 2.75) is 37.8 Å². The third kappa shape index (κ3) is 2.87. The summed E-state index contributed by atoms with van der Waals surface area (Å²) in [4.78, 5) is 2.19. The highest BCUT2D eigenvalue weighted by Gasteiger charge is 2.35. The second-order valence-electron chi connectivity index (χ2n) is 5.43. The van der Waals surface area contributed by atoms with Crippen molar-refractivity contribution in [3.63, 3.8) is 0 Å². The van der Waals surface area contributed by atoms with Gasteiger partial charge in [-0.2, -0.15) is 0 Å². The van der Waals surface area contributed by atoms with Gasteiger partial charge in [0, 0.05) is 19.0 Å². The Kier molecular flexibility index (Phi) is 3.69. The smallest absolute Gasteiger partial charge is 0.159 e. The molecule has 0 spiro atoms. The van der Waals surface area contributed by atoms with Gasteiger partial charge >= 0.3 is 0 Å². The molecule has 1 aliphatic rings. The molecule has 2 unspecified atom stereocenters. The molecule has 1 aliphatic heterocycles.